The number of rotatable bonds is 2. The highest BCUT2D eigenvalue weighted by atomic mass is 35.5. The Bertz CT molecular complexity index is 448. The van der Waals surface area contributed by atoms with E-state index >= 15 is 0 Å². The molecule has 0 atom stereocenters. The third kappa shape index (κ3) is 2.32. The Morgan fingerprint density at radius 3 is 2.88 bits per heavy atom. The monoisotopic (exact) mass is 248 g/mol. The van der Waals surface area contributed by atoms with Crippen molar-refractivity contribution in [2.75, 3.05) is 5.32 Å². The number of nitrogens with one attached hydrogen (secondary N) is 1. The van der Waals surface area contributed by atoms with Crippen molar-refractivity contribution in [2.45, 2.75) is 44.6 Å². The van der Waals surface area contributed by atoms with E-state index in [0.717, 1.165) is 12.1 Å². The molecule has 0 aromatic carbocycles. The van der Waals surface area contributed by atoms with Crippen LogP contribution in [0.5, 0.6) is 0 Å². The van der Waals surface area contributed by atoms with Gasteiger partial charge in [0.1, 0.15) is 5.15 Å². The van der Waals surface area contributed by atoms with Crippen LogP contribution in [0.15, 0.2) is 12.1 Å². The molecule has 0 amide bonds. The smallest absolute Gasteiger partial charge is 0.131 e. The second-order valence-electron chi connectivity index (χ2n) is 4.94. The molecule has 1 fully saturated rings. The third-order valence-corrected chi connectivity index (χ3v) is 3.86. The molecule has 1 saturated carbocycles. The molecule has 3 rings (SSSR count). The Morgan fingerprint density at radius 1 is 1.24 bits per heavy atom. The SMILES string of the molecule is Clc1cc(NC2CCCCC2)c2c(n1)CC=C2. The molecule has 1 aromatic heterocycles. The van der Waals surface area contributed by atoms with Gasteiger partial charge in [-0.1, -0.05) is 43.0 Å². The highest BCUT2D eigenvalue weighted by Gasteiger charge is 2.17. The Morgan fingerprint density at radius 2 is 2.06 bits per heavy atom. The van der Waals surface area contributed by atoms with E-state index in [2.05, 4.69) is 22.5 Å². The predicted octanol–water partition coefficient (Wildman–Crippen LogP) is 4.05. The van der Waals surface area contributed by atoms with Crippen molar-refractivity contribution in [1.29, 1.82) is 0 Å². The van der Waals surface area contributed by atoms with E-state index in [1.54, 1.807) is 0 Å². The Hall–Kier alpha value is -1.02. The van der Waals surface area contributed by atoms with Crippen LogP contribution < -0.4 is 5.32 Å². The third-order valence-electron chi connectivity index (χ3n) is 3.67. The average Bonchev–Trinajstić information content (AvgIpc) is 2.78. The summed E-state index contributed by atoms with van der Waals surface area (Å²) in [4.78, 5) is 4.37. The molecule has 2 nitrogen and oxygen atoms in total. The molecule has 3 heteroatoms. The summed E-state index contributed by atoms with van der Waals surface area (Å²) >= 11 is 6.07. The standard InChI is InChI=1S/C14H17ClN2/c15-14-9-13(11-7-4-8-12(11)17-14)16-10-5-2-1-3-6-10/h4,7,9-10H,1-3,5-6,8H2,(H,16,17). The van der Waals surface area contributed by atoms with Crippen LogP contribution in [0, 0.1) is 0 Å². The number of halogens is 1. The zero-order chi connectivity index (χ0) is 11.7. The van der Waals surface area contributed by atoms with Crippen LogP contribution in [-0.4, -0.2) is 11.0 Å². The van der Waals surface area contributed by atoms with Gasteiger partial charge in [0.15, 0.2) is 0 Å². The molecule has 2 aliphatic rings. The van der Waals surface area contributed by atoms with Gasteiger partial charge >= 0.3 is 0 Å². The van der Waals surface area contributed by atoms with Crippen LogP contribution in [0.1, 0.15) is 43.4 Å². The Balaban J connectivity index is 1.84. The van der Waals surface area contributed by atoms with E-state index in [1.165, 1.54) is 43.4 Å². The molecule has 2 aliphatic carbocycles. The first-order valence-electron chi connectivity index (χ1n) is 6.45. The molecule has 0 unspecified atom stereocenters. The molecule has 17 heavy (non-hydrogen) atoms. The van der Waals surface area contributed by atoms with E-state index in [1.807, 2.05) is 6.07 Å². The van der Waals surface area contributed by atoms with Gasteiger partial charge in [0.05, 0.1) is 5.69 Å². The summed E-state index contributed by atoms with van der Waals surface area (Å²) in [5, 5.41) is 4.25. The summed E-state index contributed by atoms with van der Waals surface area (Å²) in [5.41, 5.74) is 3.51. The fourth-order valence-electron chi connectivity index (χ4n) is 2.79. The van der Waals surface area contributed by atoms with Crippen molar-refractivity contribution in [1.82, 2.24) is 4.98 Å². The number of allylic oxidation sites excluding steroid dienone is 1. The molecule has 1 aromatic rings. The molecular formula is C14H17ClN2. The molecule has 90 valence electrons. The highest BCUT2D eigenvalue weighted by Crippen LogP contribution is 2.31. The molecule has 0 spiro atoms. The minimum absolute atomic E-state index is 0.603. The maximum Gasteiger partial charge on any atom is 0.131 e. The summed E-state index contributed by atoms with van der Waals surface area (Å²) in [6.07, 6.45) is 11.8. The van der Waals surface area contributed by atoms with Crippen molar-refractivity contribution in [3.8, 4) is 0 Å². The fraction of sp³-hybridized carbons (Fsp3) is 0.500. The zero-order valence-electron chi connectivity index (χ0n) is 9.88. The van der Waals surface area contributed by atoms with E-state index in [4.69, 9.17) is 11.6 Å². The minimum atomic E-state index is 0.603. The lowest BCUT2D eigenvalue weighted by atomic mass is 9.95. The molecule has 0 bridgehead atoms. The van der Waals surface area contributed by atoms with E-state index in [-0.39, 0.29) is 0 Å². The molecule has 0 aliphatic heterocycles. The van der Waals surface area contributed by atoms with Gasteiger partial charge in [0.2, 0.25) is 0 Å². The second-order valence-corrected chi connectivity index (χ2v) is 5.33. The zero-order valence-corrected chi connectivity index (χ0v) is 10.6. The number of aromatic nitrogens is 1. The summed E-state index contributed by atoms with van der Waals surface area (Å²) in [7, 11) is 0. The predicted molar refractivity (Wildman–Crippen MR) is 72.5 cm³/mol. The van der Waals surface area contributed by atoms with Crippen LogP contribution in [0.4, 0.5) is 5.69 Å². The largest absolute Gasteiger partial charge is 0.382 e. The number of fused-ring (bicyclic) bond motifs is 1. The van der Waals surface area contributed by atoms with Crippen LogP contribution in [0.25, 0.3) is 6.08 Å². The number of nitrogens with zero attached hydrogens (tertiary/aromatic N) is 1. The maximum absolute atomic E-state index is 6.07. The lowest BCUT2D eigenvalue weighted by Gasteiger charge is -2.25. The minimum Gasteiger partial charge on any atom is -0.382 e. The van der Waals surface area contributed by atoms with Gasteiger partial charge in [-0.15, -0.1) is 0 Å². The lowest BCUT2D eigenvalue weighted by Crippen LogP contribution is -2.22. The quantitative estimate of drug-likeness (QED) is 0.799. The van der Waals surface area contributed by atoms with E-state index in [0.29, 0.717) is 11.2 Å². The first-order chi connectivity index (χ1) is 8.33. The summed E-state index contributed by atoms with van der Waals surface area (Å²) in [5.74, 6) is 0. The van der Waals surface area contributed by atoms with Crippen molar-refractivity contribution in [2.24, 2.45) is 0 Å². The fourth-order valence-corrected chi connectivity index (χ4v) is 3.00. The van der Waals surface area contributed by atoms with Gasteiger partial charge in [-0.05, 0) is 18.9 Å². The van der Waals surface area contributed by atoms with Crippen LogP contribution in [0.2, 0.25) is 5.15 Å². The van der Waals surface area contributed by atoms with Crippen molar-refractivity contribution < 1.29 is 0 Å². The maximum atomic E-state index is 6.07. The van der Waals surface area contributed by atoms with Gasteiger partial charge < -0.3 is 5.32 Å². The number of pyridine rings is 1. The topological polar surface area (TPSA) is 24.9 Å². The molecule has 0 saturated heterocycles. The molecule has 0 radical (unpaired) electrons. The van der Waals surface area contributed by atoms with E-state index in [9.17, 15) is 0 Å². The number of anilines is 1. The molecular weight excluding hydrogens is 232 g/mol. The van der Waals surface area contributed by atoms with Crippen LogP contribution in [-0.2, 0) is 6.42 Å². The second kappa shape index (κ2) is 4.69. The van der Waals surface area contributed by atoms with Gasteiger partial charge in [0.25, 0.3) is 0 Å². The molecule has 1 heterocycles. The average molecular weight is 249 g/mol. The molecule has 1 N–H and O–H groups in total. The summed E-state index contributed by atoms with van der Waals surface area (Å²) in [6, 6.07) is 2.57. The van der Waals surface area contributed by atoms with Gasteiger partial charge in [-0.25, -0.2) is 4.98 Å². The van der Waals surface area contributed by atoms with Crippen LogP contribution >= 0.6 is 11.6 Å². The van der Waals surface area contributed by atoms with E-state index < -0.39 is 0 Å². The van der Waals surface area contributed by atoms with Gasteiger partial charge in [0, 0.05) is 23.7 Å². The van der Waals surface area contributed by atoms with Crippen molar-refractivity contribution >= 4 is 23.4 Å². The number of hydrogen-bond acceptors (Lipinski definition) is 2. The van der Waals surface area contributed by atoms with Gasteiger partial charge in [-0.3, -0.25) is 0 Å². The first kappa shape index (κ1) is 11.1. The first-order valence-corrected chi connectivity index (χ1v) is 6.83. The number of hydrogen-bond donors (Lipinski definition) is 1. The Kier molecular flexibility index (Phi) is 3.06. The summed E-state index contributed by atoms with van der Waals surface area (Å²) in [6.45, 7) is 0. The normalized spacial score (nSPS) is 19.4. The summed E-state index contributed by atoms with van der Waals surface area (Å²) < 4.78 is 0. The van der Waals surface area contributed by atoms with Crippen molar-refractivity contribution in [3.63, 3.8) is 0 Å². The highest BCUT2D eigenvalue weighted by molar-refractivity contribution is 6.29. The van der Waals surface area contributed by atoms with Crippen LogP contribution in [0.3, 0.4) is 0 Å². The lowest BCUT2D eigenvalue weighted by molar-refractivity contribution is 0.462. The van der Waals surface area contributed by atoms with Gasteiger partial charge in [-0.2, -0.15) is 0 Å². The Labute approximate surface area is 107 Å². The van der Waals surface area contributed by atoms with Crippen molar-refractivity contribution in [3.05, 3.63) is 28.6 Å².